The van der Waals surface area contributed by atoms with Gasteiger partial charge >= 0.3 is 0 Å². The van der Waals surface area contributed by atoms with Gasteiger partial charge in [0.15, 0.2) is 23.7 Å². The Morgan fingerprint density at radius 1 is 1.29 bits per heavy atom. The van der Waals surface area contributed by atoms with Crippen LogP contribution in [0.1, 0.15) is 5.82 Å². The maximum absolute atomic E-state index is 11.0. The lowest BCUT2D eigenvalue weighted by molar-refractivity contribution is -0.104. The zero-order valence-electron chi connectivity index (χ0n) is 20.3. The van der Waals surface area contributed by atoms with E-state index in [9.17, 15) is 4.79 Å². The van der Waals surface area contributed by atoms with Crippen LogP contribution in [0.15, 0.2) is 34.2 Å². The first-order chi connectivity index (χ1) is 17.0. The highest BCUT2D eigenvalue weighted by molar-refractivity contribution is 6.01. The highest BCUT2D eigenvalue weighted by Gasteiger charge is 2.33. The second-order valence-electron chi connectivity index (χ2n) is 8.38. The van der Waals surface area contributed by atoms with Gasteiger partial charge < -0.3 is 19.9 Å². The predicted molar refractivity (Wildman–Crippen MR) is 136 cm³/mol. The van der Waals surface area contributed by atoms with Crippen LogP contribution in [-0.2, 0) is 9.53 Å². The van der Waals surface area contributed by atoms with Crippen molar-refractivity contribution >= 4 is 36.5 Å². The fourth-order valence-corrected chi connectivity index (χ4v) is 3.88. The number of hydrogen-bond acceptors (Lipinski definition) is 12. The van der Waals surface area contributed by atoms with Gasteiger partial charge in [-0.1, -0.05) is 0 Å². The molecule has 1 atom stereocenters. The Morgan fingerprint density at radius 3 is 2.69 bits per heavy atom. The lowest BCUT2D eigenvalue weighted by atomic mass is 10.3. The summed E-state index contributed by atoms with van der Waals surface area (Å²) >= 11 is 0. The number of ether oxygens (including phenoxy) is 1. The average Bonchev–Trinajstić information content (AvgIpc) is 3.18. The molecule has 1 saturated heterocycles. The summed E-state index contributed by atoms with van der Waals surface area (Å²) in [5.41, 5.74) is 2.04. The minimum Gasteiger partial charge on any atom is -0.378 e. The first-order valence-corrected chi connectivity index (χ1v) is 11.3. The Labute approximate surface area is 204 Å². The molecule has 0 amide bonds. The number of aryl methyl sites for hydroxylation is 1. The molecule has 2 aliphatic heterocycles. The number of carbonyl (C=O) groups is 1. The average molecular weight is 479 g/mol. The van der Waals surface area contributed by atoms with Crippen molar-refractivity contribution in [3.05, 3.63) is 30.0 Å². The normalized spacial score (nSPS) is 18.2. The fourth-order valence-electron chi connectivity index (χ4n) is 3.88. The lowest BCUT2D eigenvalue weighted by Gasteiger charge is -2.29. The van der Waals surface area contributed by atoms with Crippen molar-refractivity contribution in [3.63, 3.8) is 0 Å². The summed E-state index contributed by atoms with van der Waals surface area (Å²) < 4.78 is 5.55. The Bertz CT molecular complexity index is 1110. The highest BCUT2D eigenvalue weighted by atomic mass is 16.5. The fraction of sp³-hybridized carbons (Fsp3) is 0.435. The number of anilines is 3. The molecule has 4 rings (SSSR count). The molecule has 1 unspecified atom stereocenters. The van der Waals surface area contributed by atoms with E-state index >= 15 is 0 Å². The summed E-state index contributed by atoms with van der Waals surface area (Å²) in [5, 5.41) is 3.60. The zero-order valence-corrected chi connectivity index (χ0v) is 20.3. The van der Waals surface area contributed by atoms with Crippen molar-refractivity contribution in [2.45, 2.75) is 13.1 Å². The maximum atomic E-state index is 11.0. The van der Waals surface area contributed by atoms with Crippen molar-refractivity contribution in [2.75, 3.05) is 68.7 Å². The molecule has 0 aromatic carbocycles. The number of carbonyl (C=O) groups excluding carboxylic acids is 1. The predicted octanol–water partition coefficient (Wildman–Crippen LogP) is 1.01. The number of nitrogens with zero attached hydrogens (tertiary/aromatic N) is 9. The molecule has 184 valence electrons. The van der Waals surface area contributed by atoms with Gasteiger partial charge in [0, 0.05) is 51.5 Å². The molecule has 2 aromatic rings. The van der Waals surface area contributed by atoms with Crippen molar-refractivity contribution in [3.8, 4) is 11.4 Å². The Morgan fingerprint density at radius 2 is 2.00 bits per heavy atom. The van der Waals surface area contributed by atoms with Crippen LogP contribution in [-0.4, -0.2) is 104 Å². The van der Waals surface area contributed by atoms with Gasteiger partial charge in [-0.2, -0.15) is 0 Å². The smallest absolute Gasteiger partial charge is 0.167 e. The molecule has 12 heteroatoms. The van der Waals surface area contributed by atoms with E-state index in [1.54, 1.807) is 12.4 Å². The topological polar surface area (TPSA) is 124 Å². The van der Waals surface area contributed by atoms with E-state index < -0.39 is 0 Å². The third-order valence-electron chi connectivity index (χ3n) is 5.76. The minimum atomic E-state index is -0.0419. The number of likely N-dealkylation sites (N-methyl/N-ethyl adjacent to an activating group) is 2. The Hall–Kier alpha value is -3.77. The van der Waals surface area contributed by atoms with Gasteiger partial charge in [-0.25, -0.2) is 19.9 Å². The van der Waals surface area contributed by atoms with E-state index in [2.05, 4.69) is 46.7 Å². The van der Waals surface area contributed by atoms with Crippen LogP contribution < -0.4 is 15.1 Å². The summed E-state index contributed by atoms with van der Waals surface area (Å²) in [6.07, 6.45) is 7.04. The molecular formula is C23H30N10O2. The molecule has 0 radical (unpaired) electrons. The molecule has 1 fully saturated rings. The number of morpholine rings is 1. The lowest BCUT2D eigenvalue weighted by Crippen LogP contribution is -2.42. The van der Waals surface area contributed by atoms with E-state index in [1.807, 2.05) is 21.0 Å². The van der Waals surface area contributed by atoms with Crippen LogP contribution in [0.3, 0.4) is 0 Å². The van der Waals surface area contributed by atoms with Crippen LogP contribution >= 0.6 is 0 Å². The third kappa shape index (κ3) is 5.66. The molecule has 0 aliphatic carbocycles. The van der Waals surface area contributed by atoms with Gasteiger partial charge in [0.2, 0.25) is 0 Å². The minimum absolute atomic E-state index is 0.0419. The number of rotatable bonds is 9. The standard InChI is InChI=1S/C23H30N10O2/c1-16-26-11-18(12-27-16)21-29-22-20(23(30-21)33-5-7-35-8-6-33)28-19(32(22)4)13-31(3)15-25-10-17(14-34)9-24-2/h9-12,14,19,28H,2,5-8,13,15H2,1,3-4H3/b17-9+,25-10-. The van der Waals surface area contributed by atoms with Crippen molar-refractivity contribution in [1.29, 1.82) is 0 Å². The first-order valence-electron chi connectivity index (χ1n) is 11.3. The molecular weight excluding hydrogens is 448 g/mol. The number of aldehydes is 1. The van der Waals surface area contributed by atoms with E-state index in [0.717, 1.165) is 36.0 Å². The molecule has 12 nitrogen and oxygen atoms in total. The van der Waals surface area contributed by atoms with Crippen molar-refractivity contribution in [2.24, 2.45) is 9.98 Å². The third-order valence-corrected chi connectivity index (χ3v) is 5.76. The number of allylic oxidation sites excluding steroid dienone is 1. The van der Waals surface area contributed by atoms with Gasteiger partial charge in [-0.15, -0.1) is 0 Å². The monoisotopic (exact) mass is 478 g/mol. The van der Waals surface area contributed by atoms with E-state index in [1.165, 1.54) is 12.4 Å². The summed E-state index contributed by atoms with van der Waals surface area (Å²) in [5.74, 6) is 2.95. The molecule has 1 N–H and O–H groups in total. The van der Waals surface area contributed by atoms with E-state index in [-0.39, 0.29) is 6.17 Å². The SMILES string of the molecule is C=N/C=C(C=O)\C=N/CN(C)CC1Nc2c(N3CCOCC3)nc(-c3cnc(C)nc3)nc2N1C. The van der Waals surface area contributed by atoms with E-state index in [4.69, 9.17) is 14.7 Å². The van der Waals surface area contributed by atoms with Crippen LogP contribution in [0, 0.1) is 6.92 Å². The molecule has 0 saturated carbocycles. The summed E-state index contributed by atoms with van der Waals surface area (Å²) in [7, 11) is 3.98. The number of fused-ring (bicyclic) bond motifs is 1. The zero-order chi connectivity index (χ0) is 24.8. The van der Waals surface area contributed by atoms with E-state index in [0.29, 0.717) is 49.9 Å². The number of hydrogen-bond donors (Lipinski definition) is 1. The van der Waals surface area contributed by atoms with Gasteiger partial charge in [0.05, 0.1) is 31.0 Å². The molecule has 35 heavy (non-hydrogen) atoms. The van der Waals surface area contributed by atoms with Gasteiger partial charge in [0.1, 0.15) is 17.7 Å². The number of nitrogens with one attached hydrogen (secondary N) is 1. The summed E-state index contributed by atoms with van der Waals surface area (Å²) in [6, 6.07) is 0. The molecule has 0 spiro atoms. The highest BCUT2D eigenvalue weighted by Crippen LogP contribution is 2.40. The summed E-state index contributed by atoms with van der Waals surface area (Å²) in [4.78, 5) is 43.7. The van der Waals surface area contributed by atoms with Crippen LogP contribution in [0.2, 0.25) is 0 Å². The quantitative estimate of drug-likeness (QED) is 0.317. The second-order valence-corrected chi connectivity index (χ2v) is 8.38. The largest absolute Gasteiger partial charge is 0.378 e. The van der Waals surface area contributed by atoms with Crippen molar-refractivity contribution < 1.29 is 9.53 Å². The number of aromatic nitrogens is 4. The molecule has 4 heterocycles. The maximum Gasteiger partial charge on any atom is 0.167 e. The van der Waals surface area contributed by atoms with Crippen LogP contribution in [0.25, 0.3) is 11.4 Å². The number of aliphatic imine (C=N–C) groups is 2. The Balaban J connectivity index is 1.56. The molecule has 2 aliphatic rings. The van der Waals surface area contributed by atoms with Gasteiger partial charge in [-0.3, -0.25) is 19.7 Å². The Kier molecular flexibility index (Phi) is 7.73. The second kappa shape index (κ2) is 11.1. The van der Waals surface area contributed by atoms with Gasteiger partial charge in [0.25, 0.3) is 0 Å². The van der Waals surface area contributed by atoms with Crippen molar-refractivity contribution in [1.82, 2.24) is 24.8 Å². The molecule has 2 aromatic heterocycles. The molecule has 0 bridgehead atoms. The van der Waals surface area contributed by atoms with Crippen LogP contribution in [0.5, 0.6) is 0 Å². The van der Waals surface area contributed by atoms with Gasteiger partial charge in [-0.05, 0) is 20.7 Å². The summed E-state index contributed by atoms with van der Waals surface area (Å²) in [6.45, 7) is 9.10. The first kappa shape index (κ1) is 24.4. The van der Waals surface area contributed by atoms with Crippen LogP contribution in [0.4, 0.5) is 17.3 Å².